The zero-order valence-corrected chi connectivity index (χ0v) is 11.9. The number of likely N-dealkylation sites (N-methyl/N-ethyl adjacent to an activating group) is 1. The van der Waals surface area contributed by atoms with E-state index in [1.165, 1.54) is 19.4 Å². The standard InChI is InChI=1S/C13H22N6/c1-4-19-12-11(9(2)16-19)15-13(14)18(12)8-10-6-5-7-17(10)3/h10H,4-8H2,1-3H3,(H2,14,15). The second-order valence-corrected chi connectivity index (χ2v) is 5.43. The van der Waals surface area contributed by atoms with Crippen molar-refractivity contribution in [3.63, 3.8) is 0 Å². The topological polar surface area (TPSA) is 64.9 Å². The van der Waals surface area contributed by atoms with Gasteiger partial charge in [0.05, 0.1) is 5.69 Å². The molecule has 3 rings (SSSR count). The third-order valence-corrected chi connectivity index (χ3v) is 4.19. The summed E-state index contributed by atoms with van der Waals surface area (Å²) in [5, 5.41) is 4.53. The number of rotatable bonds is 3. The van der Waals surface area contributed by atoms with Crippen LogP contribution >= 0.6 is 0 Å². The first kappa shape index (κ1) is 12.5. The van der Waals surface area contributed by atoms with Crippen molar-refractivity contribution >= 4 is 17.1 Å². The van der Waals surface area contributed by atoms with Gasteiger partial charge < -0.3 is 10.6 Å². The molecule has 1 aliphatic heterocycles. The van der Waals surface area contributed by atoms with Crippen LogP contribution in [0.3, 0.4) is 0 Å². The maximum Gasteiger partial charge on any atom is 0.202 e. The number of nitrogens with two attached hydrogens (primary N) is 1. The molecule has 1 atom stereocenters. The molecule has 6 nitrogen and oxygen atoms in total. The molecule has 3 heterocycles. The summed E-state index contributed by atoms with van der Waals surface area (Å²) in [5.41, 5.74) is 9.08. The van der Waals surface area contributed by atoms with E-state index in [1.807, 2.05) is 11.6 Å². The zero-order valence-electron chi connectivity index (χ0n) is 11.9. The Morgan fingerprint density at radius 3 is 2.84 bits per heavy atom. The Balaban J connectivity index is 2.04. The molecular formula is C13H22N6. The number of imidazole rings is 1. The van der Waals surface area contributed by atoms with Gasteiger partial charge in [0.25, 0.3) is 0 Å². The molecule has 1 saturated heterocycles. The van der Waals surface area contributed by atoms with Gasteiger partial charge in [-0.25, -0.2) is 9.67 Å². The molecule has 0 spiro atoms. The van der Waals surface area contributed by atoms with Crippen molar-refractivity contribution < 1.29 is 0 Å². The smallest absolute Gasteiger partial charge is 0.202 e. The second kappa shape index (κ2) is 4.52. The quantitative estimate of drug-likeness (QED) is 0.904. The van der Waals surface area contributed by atoms with Gasteiger partial charge in [0.15, 0.2) is 5.65 Å². The fourth-order valence-corrected chi connectivity index (χ4v) is 3.06. The minimum Gasteiger partial charge on any atom is -0.369 e. The van der Waals surface area contributed by atoms with Crippen molar-refractivity contribution in [2.75, 3.05) is 19.3 Å². The summed E-state index contributed by atoms with van der Waals surface area (Å²) in [6.45, 7) is 7.02. The second-order valence-electron chi connectivity index (χ2n) is 5.43. The maximum atomic E-state index is 6.11. The fraction of sp³-hybridized carbons (Fsp3) is 0.692. The van der Waals surface area contributed by atoms with E-state index in [-0.39, 0.29) is 0 Å². The highest BCUT2D eigenvalue weighted by Gasteiger charge is 2.24. The number of hydrogen-bond donors (Lipinski definition) is 1. The lowest BCUT2D eigenvalue weighted by Gasteiger charge is -2.20. The molecule has 0 amide bonds. The van der Waals surface area contributed by atoms with E-state index >= 15 is 0 Å². The first-order valence-corrected chi connectivity index (χ1v) is 7.01. The first-order valence-electron chi connectivity index (χ1n) is 7.01. The Hall–Kier alpha value is -1.56. The molecule has 2 N–H and O–H groups in total. The van der Waals surface area contributed by atoms with Crippen LogP contribution in [0.15, 0.2) is 0 Å². The van der Waals surface area contributed by atoms with Crippen LogP contribution in [0.4, 0.5) is 5.95 Å². The van der Waals surface area contributed by atoms with Crippen molar-refractivity contribution in [1.82, 2.24) is 24.2 Å². The molecule has 2 aromatic rings. The first-order chi connectivity index (χ1) is 9.11. The predicted octanol–water partition coefficient (Wildman–Crippen LogP) is 1.24. The van der Waals surface area contributed by atoms with Crippen LogP contribution in [0, 0.1) is 6.92 Å². The van der Waals surface area contributed by atoms with Gasteiger partial charge in [-0.15, -0.1) is 0 Å². The Bertz CT molecular complexity index is 596. The SMILES string of the molecule is CCn1nc(C)c2nc(N)n(CC3CCCN3C)c21. The molecule has 2 aromatic heterocycles. The lowest BCUT2D eigenvalue weighted by atomic mass is 10.2. The van der Waals surface area contributed by atoms with Crippen LogP contribution in [0.1, 0.15) is 25.5 Å². The number of fused-ring (bicyclic) bond motifs is 1. The van der Waals surface area contributed by atoms with Crippen LogP contribution in [0.5, 0.6) is 0 Å². The Morgan fingerprint density at radius 1 is 1.42 bits per heavy atom. The Labute approximate surface area is 113 Å². The average molecular weight is 262 g/mol. The van der Waals surface area contributed by atoms with E-state index in [0.717, 1.165) is 29.9 Å². The van der Waals surface area contributed by atoms with Crippen molar-refractivity contribution in [3.8, 4) is 0 Å². The molecule has 0 bridgehead atoms. The van der Waals surface area contributed by atoms with Gasteiger partial charge in [-0.1, -0.05) is 0 Å². The number of aromatic nitrogens is 4. The third kappa shape index (κ3) is 1.90. The molecule has 0 radical (unpaired) electrons. The van der Waals surface area contributed by atoms with Gasteiger partial charge in [0.2, 0.25) is 5.95 Å². The Morgan fingerprint density at radius 2 is 2.21 bits per heavy atom. The minimum atomic E-state index is 0.556. The lowest BCUT2D eigenvalue weighted by Crippen LogP contribution is -2.30. The lowest BCUT2D eigenvalue weighted by molar-refractivity contribution is 0.284. The van der Waals surface area contributed by atoms with Crippen LogP contribution in [-0.4, -0.2) is 43.9 Å². The maximum absolute atomic E-state index is 6.11. The molecule has 6 heteroatoms. The van der Waals surface area contributed by atoms with E-state index < -0.39 is 0 Å². The summed E-state index contributed by atoms with van der Waals surface area (Å²) in [7, 11) is 2.18. The fourth-order valence-electron chi connectivity index (χ4n) is 3.06. The number of nitrogen functional groups attached to an aromatic ring is 1. The van der Waals surface area contributed by atoms with E-state index in [1.54, 1.807) is 0 Å². The zero-order chi connectivity index (χ0) is 13.6. The number of nitrogens with zero attached hydrogens (tertiary/aromatic N) is 5. The molecule has 0 aromatic carbocycles. The van der Waals surface area contributed by atoms with Crippen molar-refractivity contribution in [3.05, 3.63) is 5.69 Å². The molecule has 0 aliphatic carbocycles. The molecule has 19 heavy (non-hydrogen) atoms. The van der Waals surface area contributed by atoms with Crippen molar-refractivity contribution in [2.45, 2.75) is 45.8 Å². The molecule has 0 saturated carbocycles. The summed E-state index contributed by atoms with van der Waals surface area (Å²) in [5.74, 6) is 0.609. The highest BCUT2D eigenvalue weighted by Crippen LogP contribution is 2.24. The average Bonchev–Trinajstić information content (AvgIpc) is 3.01. The molecule has 104 valence electrons. The monoisotopic (exact) mass is 262 g/mol. The van der Waals surface area contributed by atoms with E-state index in [4.69, 9.17) is 5.73 Å². The molecule has 1 aliphatic rings. The summed E-state index contributed by atoms with van der Waals surface area (Å²) >= 11 is 0. The molecule has 1 fully saturated rings. The van der Waals surface area contributed by atoms with Crippen molar-refractivity contribution in [1.29, 1.82) is 0 Å². The summed E-state index contributed by atoms with van der Waals surface area (Å²) < 4.78 is 4.13. The highest BCUT2D eigenvalue weighted by molar-refractivity contribution is 5.77. The van der Waals surface area contributed by atoms with Gasteiger partial charge in [0.1, 0.15) is 5.52 Å². The predicted molar refractivity (Wildman–Crippen MR) is 76.0 cm³/mol. The van der Waals surface area contributed by atoms with Crippen LogP contribution < -0.4 is 5.73 Å². The highest BCUT2D eigenvalue weighted by atomic mass is 15.4. The van der Waals surface area contributed by atoms with Gasteiger partial charge in [-0.05, 0) is 40.3 Å². The van der Waals surface area contributed by atoms with Gasteiger partial charge >= 0.3 is 0 Å². The van der Waals surface area contributed by atoms with Crippen LogP contribution in [-0.2, 0) is 13.1 Å². The number of hydrogen-bond acceptors (Lipinski definition) is 4. The normalized spacial score (nSPS) is 20.7. The molecule has 1 unspecified atom stereocenters. The summed E-state index contributed by atoms with van der Waals surface area (Å²) in [6, 6.07) is 0.556. The van der Waals surface area contributed by atoms with Crippen LogP contribution in [0.2, 0.25) is 0 Å². The number of aryl methyl sites for hydroxylation is 2. The largest absolute Gasteiger partial charge is 0.369 e. The van der Waals surface area contributed by atoms with Gasteiger partial charge in [0, 0.05) is 19.1 Å². The number of likely N-dealkylation sites (tertiary alicyclic amines) is 1. The Kier molecular flexibility index (Phi) is 2.97. The van der Waals surface area contributed by atoms with Gasteiger partial charge in [-0.3, -0.25) is 4.57 Å². The van der Waals surface area contributed by atoms with Crippen molar-refractivity contribution in [2.24, 2.45) is 0 Å². The number of anilines is 1. The van der Waals surface area contributed by atoms with Crippen LogP contribution in [0.25, 0.3) is 11.2 Å². The minimum absolute atomic E-state index is 0.556. The third-order valence-electron chi connectivity index (χ3n) is 4.19. The molecular weight excluding hydrogens is 240 g/mol. The van der Waals surface area contributed by atoms with E-state index in [9.17, 15) is 0 Å². The van der Waals surface area contributed by atoms with E-state index in [0.29, 0.717) is 12.0 Å². The summed E-state index contributed by atoms with van der Waals surface area (Å²) in [4.78, 5) is 6.89. The van der Waals surface area contributed by atoms with E-state index in [2.05, 4.69) is 33.5 Å². The summed E-state index contributed by atoms with van der Waals surface area (Å²) in [6.07, 6.45) is 2.50. The van der Waals surface area contributed by atoms with Gasteiger partial charge in [-0.2, -0.15) is 5.10 Å².